The van der Waals surface area contributed by atoms with E-state index in [0.29, 0.717) is 30.5 Å². The van der Waals surface area contributed by atoms with Gasteiger partial charge in [-0.25, -0.2) is 4.98 Å². The Hall–Kier alpha value is -3.23. The molecule has 3 aromatic rings. The zero-order valence-electron chi connectivity index (χ0n) is 19.3. The van der Waals surface area contributed by atoms with Crippen LogP contribution in [-0.4, -0.2) is 47.5 Å². The number of amides is 2. The van der Waals surface area contributed by atoms with Crippen LogP contribution < -0.4 is 10.6 Å². The van der Waals surface area contributed by atoms with Crippen LogP contribution in [0.3, 0.4) is 0 Å². The first-order valence-electron chi connectivity index (χ1n) is 11.6. The number of carbonyl (C=O) groups excluding carboxylic acids is 2. The van der Waals surface area contributed by atoms with Gasteiger partial charge in [-0.15, -0.1) is 11.3 Å². The number of ether oxygens (including phenoxy) is 1. The Bertz CT molecular complexity index is 1100. The van der Waals surface area contributed by atoms with Crippen LogP contribution in [0.4, 0.5) is 10.8 Å². The summed E-state index contributed by atoms with van der Waals surface area (Å²) in [5.74, 6) is -0.272. The second-order valence-corrected chi connectivity index (χ2v) is 9.29. The van der Waals surface area contributed by atoms with Crippen molar-refractivity contribution in [2.24, 2.45) is 0 Å². The number of aryl methyl sites for hydroxylation is 1. The lowest BCUT2D eigenvalue weighted by Gasteiger charge is -2.22. The van der Waals surface area contributed by atoms with Crippen LogP contribution in [0.5, 0.6) is 0 Å². The average molecular weight is 479 g/mol. The molecule has 0 saturated carbocycles. The maximum Gasteiger partial charge on any atom is 0.273 e. The van der Waals surface area contributed by atoms with E-state index in [1.165, 1.54) is 11.3 Å². The monoisotopic (exact) mass is 478 g/mol. The molecule has 2 heterocycles. The molecule has 34 heavy (non-hydrogen) atoms. The van der Waals surface area contributed by atoms with Crippen molar-refractivity contribution in [1.82, 2.24) is 15.2 Å². The van der Waals surface area contributed by atoms with Crippen molar-refractivity contribution in [3.8, 4) is 0 Å². The van der Waals surface area contributed by atoms with Gasteiger partial charge in [0.1, 0.15) is 5.69 Å². The van der Waals surface area contributed by atoms with E-state index in [-0.39, 0.29) is 24.3 Å². The van der Waals surface area contributed by atoms with Crippen LogP contribution in [-0.2, 0) is 16.1 Å². The molecule has 1 aliphatic rings. The van der Waals surface area contributed by atoms with Gasteiger partial charge in [-0.05, 0) is 43.0 Å². The van der Waals surface area contributed by atoms with E-state index in [9.17, 15) is 9.59 Å². The zero-order valence-corrected chi connectivity index (χ0v) is 20.1. The van der Waals surface area contributed by atoms with Gasteiger partial charge in [0.25, 0.3) is 5.91 Å². The summed E-state index contributed by atoms with van der Waals surface area (Å²) in [6.45, 7) is 4.03. The number of carbonyl (C=O) groups is 2. The summed E-state index contributed by atoms with van der Waals surface area (Å²) in [6, 6.07) is 17.8. The Morgan fingerprint density at radius 1 is 1.18 bits per heavy atom. The van der Waals surface area contributed by atoms with Crippen LogP contribution in [0, 0.1) is 6.92 Å². The highest BCUT2D eigenvalue weighted by molar-refractivity contribution is 7.14. The maximum atomic E-state index is 13.3. The number of anilines is 2. The Balaban J connectivity index is 1.40. The number of nitrogens with zero attached hydrogens (tertiary/aromatic N) is 2. The molecule has 8 heteroatoms. The highest BCUT2D eigenvalue weighted by Crippen LogP contribution is 2.23. The highest BCUT2D eigenvalue weighted by atomic mass is 32.1. The van der Waals surface area contributed by atoms with Crippen molar-refractivity contribution in [2.45, 2.75) is 38.8 Å². The molecule has 7 nitrogen and oxygen atoms in total. The second kappa shape index (κ2) is 11.8. The van der Waals surface area contributed by atoms with Crippen molar-refractivity contribution in [3.63, 3.8) is 0 Å². The van der Waals surface area contributed by atoms with Gasteiger partial charge in [0.15, 0.2) is 5.13 Å². The molecule has 1 atom stereocenters. The molecule has 1 fully saturated rings. The third-order valence-electron chi connectivity index (χ3n) is 5.66. The van der Waals surface area contributed by atoms with Gasteiger partial charge in [-0.2, -0.15) is 0 Å². The molecule has 0 aliphatic carbocycles. The average Bonchev–Trinajstić information content (AvgIpc) is 3.53. The quantitative estimate of drug-likeness (QED) is 0.448. The molecule has 0 radical (unpaired) electrons. The van der Waals surface area contributed by atoms with Crippen molar-refractivity contribution >= 4 is 34.0 Å². The molecule has 1 aliphatic heterocycles. The summed E-state index contributed by atoms with van der Waals surface area (Å²) >= 11 is 1.39. The summed E-state index contributed by atoms with van der Waals surface area (Å²) in [7, 11) is 0. The van der Waals surface area contributed by atoms with E-state index in [0.717, 1.165) is 36.3 Å². The van der Waals surface area contributed by atoms with E-state index < -0.39 is 0 Å². The number of thiazole rings is 1. The molecule has 0 unspecified atom stereocenters. The van der Waals surface area contributed by atoms with Gasteiger partial charge in [-0.3, -0.25) is 9.59 Å². The van der Waals surface area contributed by atoms with E-state index in [2.05, 4.69) is 15.6 Å². The molecule has 1 saturated heterocycles. The van der Waals surface area contributed by atoms with E-state index in [1.807, 2.05) is 61.5 Å². The Labute approximate surface area is 204 Å². The highest BCUT2D eigenvalue weighted by Gasteiger charge is 2.21. The lowest BCUT2D eigenvalue weighted by Crippen LogP contribution is -2.37. The number of aromatic nitrogens is 1. The first-order chi connectivity index (χ1) is 16.6. The fourth-order valence-electron chi connectivity index (χ4n) is 3.85. The van der Waals surface area contributed by atoms with Crippen molar-refractivity contribution in [3.05, 3.63) is 76.8 Å². The van der Waals surface area contributed by atoms with Crippen LogP contribution in [0.1, 0.15) is 40.9 Å². The summed E-state index contributed by atoms with van der Waals surface area (Å²) in [5.41, 5.74) is 3.45. The van der Waals surface area contributed by atoms with Gasteiger partial charge in [0.05, 0.1) is 6.10 Å². The van der Waals surface area contributed by atoms with Crippen LogP contribution >= 0.6 is 11.3 Å². The van der Waals surface area contributed by atoms with Crippen molar-refractivity contribution in [1.29, 1.82) is 0 Å². The number of rotatable bonds is 10. The summed E-state index contributed by atoms with van der Waals surface area (Å²) < 4.78 is 5.56. The van der Waals surface area contributed by atoms with Gasteiger partial charge in [0, 0.05) is 43.7 Å². The second-order valence-electron chi connectivity index (χ2n) is 8.43. The number of hydrogen-bond acceptors (Lipinski definition) is 6. The zero-order chi connectivity index (χ0) is 23.8. The molecule has 2 aromatic carbocycles. The summed E-state index contributed by atoms with van der Waals surface area (Å²) in [6.07, 6.45) is 2.33. The predicted octanol–water partition coefficient (Wildman–Crippen LogP) is 4.52. The van der Waals surface area contributed by atoms with Crippen LogP contribution in [0.2, 0.25) is 0 Å². The number of benzene rings is 2. The molecule has 4 rings (SSSR count). The Morgan fingerprint density at radius 2 is 2.03 bits per heavy atom. The lowest BCUT2D eigenvalue weighted by atomic mass is 10.2. The minimum atomic E-state index is -0.190. The third-order valence-corrected chi connectivity index (χ3v) is 6.41. The number of nitrogens with one attached hydrogen (secondary N) is 2. The molecule has 178 valence electrons. The molecular weight excluding hydrogens is 448 g/mol. The van der Waals surface area contributed by atoms with Gasteiger partial charge >= 0.3 is 0 Å². The largest absolute Gasteiger partial charge is 0.376 e. The standard InChI is InChI=1S/C26H30N4O3S/c1-19-7-5-10-21(15-19)28-26-29-23(18-34-26)25(32)30(17-20-8-3-2-4-9-20)13-12-24(31)27-16-22-11-6-14-33-22/h2-5,7-10,15,18,22H,6,11-14,16-17H2,1H3,(H,27,31)(H,28,29)/t22-/m1/s1. The SMILES string of the molecule is Cc1cccc(Nc2nc(C(=O)N(CCC(=O)NC[C@H]3CCCO3)Cc3ccccc3)cs2)c1. The fraction of sp³-hybridized carbons (Fsp3) is 0.346. The van der Waals surface area contributed by atoms with E-state index >= 15 is 0 Å². The van der Waals surface area contributed by atoms with Crippen molar-refractivity contribution in [2.75, 3.05) is 25.0 Å². The molecule has 0 bridgehead atoms. The molecular formula is C26H30N4O3S. The summed E-state index contributed by atoms with van der Waals surface area (Å²) in [5, 5.41) is 8.61. The van der Waals surface area contributed by atoms with E-state index in [1.54, 1.807) is 10.3 Å². The third kappa shape index (κ3) is 6.88. The van der Waals surface area contributed by atoms with Gasteiger partial charge in [-0.1, -0.05) is 42.5 Å². The summed E-state index contributed by atoms with van der Waals surface area (Å²) in [4.78, 5) is 32.0. The van der Waals surface area contributed by atoms with Crippen LogP contribution in [0.25, 0.3) is 0 Å². The van der Waals surface area contributed by atoms with Crippen LogP contribution in [0.15, 0.2) is 60.0 Å². The van der Waals surface area contributed by atoms with E-state index in [4.69, 9.17) is 4.74 Å². The fourth-order valence-corrected chi connectivity index (χ4v) is 4.56. The predicted molar refractivity (Wildman–Crippen MR) is 134 cm³/mol. The first-order valence-corrected chi connectivity index (χ1v) is 12.5. The number of hydrogen-bond donors (Lipinski definition) is 2. The lowest BCUT2D eigenvalue weighted by molar-refractivity contribution is -0.121. The molecule has 2 N–H and O–H groups in total. The Morgan fingerprint density at radius 3 is 2.79 bits per heavy atom. The normalized spacial score (nSPS) is 15.1. The molecule has 2 amide bonds. The maximum absolute atomic E-state index is 13.3. The first kappa shape index (κ1) is 23.9. The topological polar surface area (TPSA) is 83.6 Å². The minimum absolute atomic E-state index is 0.0820. The smallest absolute Gasteiger partial charge is 0.273 e. The van der Waals surface area contributed by atoms with Gasteiger partial charge in [0.2, 0.25) is 5.91 Å². The molecule has 1 aromatic heterocycles. The molecule has 0 spiro atoms. The van der Waals surface area contributed by atoms with Crippen molar-refractivity contribution < 1.29 is 14.3 Å². The Kier molecular flexibility index (Phi) is 8.27. The minimum Gasteiger partial charge on any atom is -0.376 e. The van der Waals surface area contributed by atoms with Gasteiger partial charge < -0.3 is 20.3 Å².